The third kappa shape index (κ3) is 12.4. The highest BCUT2D eigenvalue weighted by Gasteiger charge is 2.19. The molecule has 0 bridgehead atoms. The van der Waals surface area contributed by atoms with Gasteiger partial charge in [-0.3, -0.25) is 0 Å². The fourth-order valence-electron chi connectivity index (χ4n) is 3.73. The number of benzene rings is 1. The van der Waals surface area contributed by atoms with E-state index in [4.69, 9.17) is 0 Å². The SMILES string of the molecule is CCCCCCCCCCCCCCCCCCN(C)S(=O)(=O)c1cc[c]cc1. The first-order chi connectivity index (χ1) is 14.1. The maximum atomic E-state index is 12.4. The summed E-state index contributed by atoms with van der Waals surface area (Å²) in [5.41, 5.74) is 0. The zero-order valence-corrected chi connectivity index (χ0v) is 19.8. The molecule has 0 spiro atoms. The first kappa shape index (κ1) is 26.2. The van der Waals surface area contributed by atoms with Gasteiger partial charge in [-0.2, -0.15) is 0 Å². The summed E-state index contributed by atoms with van der Waals surface area (Å²) in [6.45, 7) is 2.87. The van der Waals surface area contributed by atoms with Crippen LogP contribution in [0, 0.1) is 6.07 Å². The maximum absolute atomic E-state index is 12.4. The Bertz CT molecular complexity index is 586. The van der Waals surface area contributed by atoms with Crippen LogP contribution in [0.1, 0.15) is 110 Å². The van der Waals surface area contributed by atoms with E-state index in [1.165, 1.54) is 94.2 Å². The summed E-state index contributed by atoms with van der Waals surface area (Å²) in [5, 5.41) is 0. The zero-order valence-electron chi connectivity index (χ0n) is 19.0. The third-order valence-corrected chi connectivity index (χ3v) is 7.59. The number of hydrogen-bond donors (Lipinski definition) is 0. The molecule has 0 aliphatic rings. The van der Waals surface area contributed by atoms with Crippen LogP contribution in [-0.4, -0.2) is 26.3 Å². The fourth-order valence-corrected chi connectivity index (χ4v) is 4.94. The lowest BCUT2D eigenvalue weighted by Gasteiger charge is -2.17. The van der Waals surface area contributed by atoms with Crippen molar-refractivity contribution in [2.75, 3.05) is 13.6 Å². The van der Waals surface area contributed by atoms with Crippen molar-refractivity contribution in [1.82, 2.24) is 4.31 Å². The Morgan fingerprint density at radius 2 is 1.07 bits per heavy atom. The van der Waals surface area contributed by atoms with Crippen molar-refractivity contribution in [3.8, 4) is 0 Å². The predicted molar refractivity (Wildman–Crippen MR) is 125 cm³/mol. The summed E-state index contributed by atoms with van der Waals surface area (Å²) in [4.78, 5) is 0.357. The molecule has 1 rings (SSSR count). The van der Waals surface area contributed by atoms with E-state index in [2.05, 4.69) is 13.0 Å². The molecule has 0 unspecified atom stereocenters. The largest absolute Gasteiger partial charge is 0.242 e. The molecular formula is C25H44NO2S. The summed E-state index contributed by atoms with van der Waals surface area (Å²) in [5.74, 6) is 0. The average molecular weight is 423 g/mol. The predicted octanol–water partition coefficient (Wildman–Crippen LogP) is 7.37. The van der Waals surface area contributed by atoms with E-state index in [1.54, 1.807) is 31.3 Å². The van der Waals surface area contributed by atoms with E-state index >= 15 is 0 Å². The highest BCUT2D eigenvalue weighted by Crippen LogP contribution is 2.16. The number of hydrogen-bond acceptors (Lipinski definition) is 2. The monoisotopic (exact) mass is 422 g/mol. The third-order valence-electron chi connectivity index (χ3n) is 5.72. The topological polar surface area (TPSA) is 37.4 Å². The fraction of sp³-hybridized carbons (Fsp3) is 0.760. The minimum atomic E-state index is -3.35. The van der Waals surface area contributed by atoms with Crippen LogP contribution in [0.15, 0.2) is 29.2 Å². The maximum Gasteiger partial charge on any atom is 0.242 e. The molecule has 0 fully saturated rings. The molecule has 0 amide bonds. The van der Waals surface area contributed by atoms with Crippen molar-refractivity contribution in [2.24, 2.45) is 0 Å². The summed E-state index contributed by atoms with van der Waals surface area (Å²) >= 11 is 0. The smallest absolute Gasteiger partial charge is 0.207 e. The molecule has 0 aliphatic heterocycles. The molecule has 0 N–H and O–H groups in total. The number of unbranched alkanes of at least 4 members (excludes halogenated alkanes) is 15. The summed E-state index contributed by atoms with van der Waals surface area (Å²) in [6, 6.07) is 9.38. The molecule has 0 aromatic heterocycles. The van der Waals surface area contributed by atoms with Gasteiger partial charge < -0.3 is 0 Å². The quantitative estimate of drug-likeness (QED) is 0.218. The number of nitrogens with zero attached hydrogens (tertiary/aromatic N) is 1. The summed E-state index contributed by atoms with van der Waals surface area (Å²) in [6.07, 6.45) is 21.3. The van der Waals surface area contributed by atoms with Gasteiger partial charge in [-0.1, -0.05) is 115 Å². The molecule has 4 heteroatoms. The van der Waals surface area contributed by atoms with E-state index < -0.39 is 10.0 Å². The van der Waals surface area contributed by atoms with Gasteiger partial charge >= 0.3 is 0 Å². The second-order valence-corrected chi connectivity index (χ2v) is 10.4. The summed E-state index contributed by atoms with van der Waals surface area (Å²) < 4.78 is 26.3. The van der Waals surface area contributed by atoms with Gasteiger partial charge in [-0.15, -0.1) is 0 Å². The van der Waals surface area contributed by atoms with Crippen LogP contribution in [0.25, 0.3) is 0 Å². The van der Waals surface area contributed by atoms with Crippen molar-refractivity contribution < 1.29 is 8.42 Å². The molecule has 0 saturated heterocycles. The first-order valence-corrected chi connectivity index (χ1v) is 13.5. The molecule has 29 heavy (non-hydrogen) atoms. The van der Waals surface area contributed by atoms with Crippen molar-refractivity contribution >= 4 is 10.0 Å². The van der Waals surface area contributed by atoms with Crippen molar-refractivity contribution in [3.05, 3.63) is 30.3 Å². The van der Waals surface area contributed by atoms with Gasteiger partial charge in [0.25, 0.3) is 0 Å². The minimum absolute atomic E-state index is 0.357. The Morgan fingerprint density at radius 3 is 1.48 bits per heavy atom. The van der Waals surface area contributed by atoms with Gasteiger partial charge in [0.2, 0.25) is 10.0 Å². The molecule has 1 radical (unpaired) electrons. The Labute approximate surface area is 181 Å². The molecular weight excluding hydrogens is 378 g/mol. The van der Waals surface area contributed by atoms with Gasteiger partial charge in [0, 0.05) is 13.6 Å². The Balaban J connectivity index is 1.90. The van der Waals surface area contributed by atoms with Crippen LogP contribution in [0.5, 0.6) is 0 Å². The lowest BCUT2D eigenvalue weighted by atomic mass is 10.0. The van der Waals surface area contributed by atoms with E-state index in [9.17, 15) is 8.42 Å². The second kappa shape index (κ2) is 16.9. The van der Waals surface area contributed by atoms with Crippen LogP contribution in [0.3, 0.4) is 0 Å². The van der Waals surface area contributed by atoms with E-state index in [1.807, 2.05) is 0 Å². The van der Waals surface area contributed by atoms with Crippen LogP contribution in [0.2, 0.25) is 0 Å². The van der Waals surface area contributed by atoms with Gasteiger partial charge in [-0.25, -0.2) is 12.7 Å². The standard InChI is InChI=1S/C25H44NO2S/c1-3-4-5-6-7-8-9-10-11-12-13-14-15-16-17-21-24-26(2)29(27,28)25-22-19-18-20-23-25/h19-20,22-23H,3-17,21,24H2,1-2H3. The Kier molecular flexibility index (Phi) is 15.2. The van der Waals surface area contributed by atoms with E-state index in [-0.39, 0.29) is 0 Å². The molecule has 3 nitrogen and oxygen atoms in total. The number of rotatable bonds is 19. The first-order valence-electron chi connectivity index (χ1n) is 12.0. The molecule has 1 aromatic carbocycles. The molecule has 0 atom stereocenters. The molecule has 1 aromatic rings. The molecule has 167 valence electrons. The van der Waals surface area contributed by atoms with E-state index in [0.717, 1.165) is 12.8 Å². The van der Waals surface area contributed by atoms with Gasteiger partial charge in [0.15, 0.2) is 0 Å². The zero-order chi connectivity index (χ0) is 21.2. The van der Waals surface area contributed by atoms with Crippen LogP contribution < -0.4 is 0 Å². The lowest BCUT2D eigenvalue weighted by molar-refractivity contribution is 0.447. The van der Waals surface area contributed by atoms with Crippen LogP contribution in [0.4, 0.5) is 0 Å². The number of sulfonamides is 1. The normalized spacial score (nSPS) is 12.0. The van der Waals surface area contributed by atoms with Gasteiger partial charge in [-0.05, 0) is 24.6 Å². The van der Waals surface area contributed by atoms with Crippen LogP contribution >= 0.6 is 0 Å². The minimum Gasteiger partial charge on any atom is -0.207 e. The Morgan fingerprint density at radius 1 is 0.690 bits per heavy atom. The summed E-state index contributed by atoms with van der Waals surface area (Å²) in [7, 11) is -1.67. The Hall–Kier alpha value is -0.870. The van der Waals surface area contributed by atoms with E-state index in [0.29, 0.717) is 11.4 Å². The van der Waals surface area contributed by atoms with Crippen LogP contribution in [-0.2, 0) is 10.0 Å². The highest BCUT2D eigenvalue weighted by molar-refractivity contribution is 7.89. The lowest BCUT2D eigenvalue weighted by Crippen LogP contribution is -2.27. The second-order valence-electron chi connectivity index (χ2n) is 8.37. The molecule has 0 aliphatic carbocycles. The highest BCUT2D eigenvalue weighted by atomic mass is 32.2. The van der Waals surface area contributed by atoms with Gasteiger partial charge in [0.1, 0.15) is 0 Å². The molecule has 0 saturated carbocycles. The van der Waals surface area contributed by atoms with Crippen molar-refractivity contribution in [1.29, 1.82) is 0 Å². The molecule has 0 heterocycles. The van der Waals surface area contributed by atoms with Crippen molar-refractivity contribution in [3.63, 3.8) is 0 Å². The van der Waals surface area contributed by atoms with Gasteiger partial charge in [0.05, 0.1) is 4.90 Å². The van der Waals surface area contributed by atoms with Crippen molar-refractivity contribution in [2.45, 2.75) is 115 Å². The average Bonchev–Trinajstić information content (AvgIpc) is 2.73.